The van der Waals surface area contributed by atoms with Crippen molar-refractivity contribution in [3.63, 3.8) is 0 Å². The van der Waals surface area contributed by atoms with Crippen LogP contribution in [0.3, 0.4) is 0 Å². The van der Waals surface area contributed by atoms with Crippen molar-refractivity contribution in [3.8, 4) is 17.6 Å². The van der Waals surface area contributed by atoms with Crippen LogP contribution in [0.5, 0.6) is 5.75 Å². The number of alkyl halides is 3. The maximum atomic E-state index is 13.0. The molecule has 222 valence electrons. The van der Waals surface area contributed by atoms with Crippen molar-refractivity contribution in [1.82, 2.24) is 0 Å². The van der Waals surface area contributed by atoms with Crippen LogP contribution in [0.1, 0.15) is 68.2 Å². The molecule has 1 saturated carbocycles. The number of hydrogen-bond acceptors (Lipinski definition) is 4. The van der Waals surface area contributed by atoms with Gasteiger partial charge in [-0.3, -0.25) is 4.79 Å². The fourth-order valence-electron chi connectivity index (χ4n) is 7.45. The zero-order valence-electron chi connectivity index (χ0n) is 23.7. The Balaban J connectivity index is 0.00000353. The van der Waals surface area contributed by atoms with E-state index in [1.165, 1.54) is 23.3 Å². The zero-order valence-corrected chi connectivity index (χ0v) is 24.7. The standard InChI is InChI=1S/C34H33F3O4.H2S/c1-32-20-41-31(22-5-11-26(40-2)12-6-22)30-27-14-10-25(38)19-23(27)7-13-28(30)29(32)16-18-33(32,39)17-15-21-3-8-24(9-4-21)34(35,36)37;/h3-6,8-9,11-12,19,28-29,31,39H,7,10,13-14,16,18,20H2,1-2H3;1H2/t28?,29?,31-,32-,33-;/m0./s1. The van der Waals surface area contributed by atoms with Gasteiger partial charge in [-0.15, -0.1) is 0 Å². The lowest BCUT2D eigenvalue weighted by atomic mass is 9.61. The molecule has 0 radical (unpaired) electrons. The summed E-state index contributed by atoms with van der Waals surface area (Å²) in [7, 11) is 1.63. The summed E-state index contributed by atoms with van der Waals surface area (Å²) in [5.41, 5.74) is 2.16. The molecule has 1 N–H and O–H groups in total. The van der Waals surface area contributed by atoms with Crippen molar-refractivity contribution < 1.29 is 32.5 Å². The zero-order chi connectivity index (χ0) is 29.0. The normalized spacial score (nSPS) is 30.5. The molecule has 2 aromatic carbocycles. The molecule has 0 aromatic heterocycles. The van der Waals surface area contributed by atoms with Crippen molar-refractivity contribution in [2.75, 3.05) is 13.7 Å². The van der Waals surface area contributed by atoms with Crippen LogP contribution in [0.15, 0.2) is 71.3 Å². The van der Waals surface area contributed by atoms with Crippen molar-refractivity contribution in [1.29, 1.82) is 0 Å². The van der Waals surface area contributed by atoms with E-state index >= 15 is 0 Å². The molecule has 4 aliphatic rings. The van der Waals surface area contributed by atoms with E-state index in [0.29, 0.717) is 24.8 Å². The average molecular weight is 597 g/mol. The minimum absolute atomic E-state index is 0. The number of ether oxygens (including phenoxy) is 2. The van der Waals surface area contributed by atoms with Gasteiger partial charge in [0.2, 0.25) is 0 Å². The van der Waals surface area contributed by atoms with E-state index in [-0.39, 0.29) is 43.8 Å². The number of benzene rings is 2. The summed E-state index contributed by atoms with van der Waals surface area (Å²) in [6, 6.07) is 12.6. The summed E-state index contributed by atoms with van der Waals surface area (Å²) >= 11 is 0. The van der Waals surface area contributed by atoms with Gasteiger partial charge < -0.3 is 14.6 Å². The van der Waals surface area contributed by atoms with Gasteiger partial charge in [-0.25, -0.2) is 0 Å². The van der Waals surface area contributed by atoms with Gasteiger partial charge in [0, 0.05) is 17.4 Å². The smallest absolute Gasteiger partial charge is 0.416 e. The number of hydrogen-bond donors (Lipinski definition) is 1. The number of ketones is 1. The van der Waals surface area contributed by atoms with Crippen molar-refractivity contribution in [3.05, 3.63) is 88.0 Å². The highest BCUT2D eigenvalue weighted by Crippen LogP contribution is 2.61. The first-order valence-corrected chi connectivity index (χ1v) is 14.2. The molecule has 1 saturated heterocycles. The molecule has 8 heteroatoms. The van der Waals surface area contributed by atoms with E-state index in [9.17, 15) is 23.1 Å². The molecular weight excluding hydrogens is 561 g/mol. The summed E-state index contributed by atoms with van der Waals surface area (Å²) in [5.74, 6) is 7.21. The fourth-order valence-corrected chi connectivity index (χ4v) is 7.45. The second-order valence-corrected chi connectivity index (χ2v) is 11.9. The molecule has 1 heterocycles. The summed E-state index contributed by atoms with van der Waals surface area (Å²) in [6.45, 7) is 2.32. The van der Waals surface area contributed by atoms with Crippen LogP contribution in [0.4, 0.5) is 13.2 Å². The number of halogens is 3. The second kappa shape index (κ2) is 11.3. The van der Waals surface area contributed by atoms with Crippen LogP contribution in [-0.2, 0) is 15.7 Å². The Morgan fingerprint density at radius 3 is 2.40 bits per heavy atom. The predicted molar refractivity (Wildman–Crippen MR) is 158 cm³/mol. The largest absolute Gasteiger partial charge is 0.497 e. The van der Waals surface area contributed by atoms with Crippen molar-refractivity contribution >= 4 is 19.3 Å². The topological polar surface area (TPSA) is 55.8 Å². The number of allylic oxidation sites excluding steroid dienone is 3. The molecule has 1 aliphatic heterocycles. The Morgan fingerprint density at radius 2 is 1.74 bits per heavy atom. The van der Waals surface area contributed by atoms with E-state index in [1.54, 1.807) is 13.2 Å². The number of methoxy groups -OCH3 is 1. The molecule has 3 aliphatic carbocycles. The molecule has 42 heavy (non-hydrogen) atoms. The van der Waals surface area contributed by atoms with E-state index in [4.69, 9.17) is 9.47 Å². The lowest BCUT2D eigenvalue weighted by Gasteiger charge is -2.42. The van der Waals surface area contributed by atoms with Gasteiger partial charge in [-0.1, -0.05) is 30.9 Å². The molecule has 2 unspecified atom stereocenters. The van der Waals surface area contributed by atoms with E-state index < -0.39 is 22.8 Å². The molecule has 0 spiro atoms. The summed E-state index contributed by atoms with van der Waals surface area (Å²) in [6.07, 6.45) is 1.11. The molecule has 2 fully saturated rings. The fraction of sp³-hybridized carbons (Fsp3) is 0.441. The maximum absolute atomic E-state index is 13.0. The third-order valence-corrected chi connectivity index (χ3v) is 9.76. The minimum Gasteiger partial charge on any atom is -0.497 e. The van der Waals surface area contributed by atoms with Gasteiger partial charge in [-0.2, -0.15) is 26.7 Å². The van der Waals surface area contributed by atoms with Gasteiger partial charge in [0.15, 0.2) is 5.78 Å². The van der Waals surface area contributed by atoms with Gasteiger partial charge >= 0.3 is 6.18 Å². The van der Waals surface area contributed by atoms with Gasteiger partial charge in [0.05, 0.1) is 19.3 Å². The third-order valence-electron chi connectivity index (χ3n) is 9.76. The second-order valence-electron chi connectivity index (χ2n) is 11.9. The van der Waals surface area contributed by atoms with Crippen LogP contribution in [0.25, 0.3) is 0 Å². The highest BCUT2D eigenvalue weighted by Gasteiger charge is 2.61. The summed E-state index contributed by atoms with van der Waals surface area (Å²) in [4.78, 5) is 12.3. The SMILES string of the molecule is COc1ccc([C@@H]2OC[C@@]3(C)C(CC[C@@]3(O)C#Cc3ccc(C(F)(F)F)cc3)C3CCC4=CC(=O)CCC4=C32)cc1.S. The highest BCUT2D eigenvalue weighted by atomic mass is 32.1. The Kier molecular flexibility index (Phi) is 8.17. The number of carbonyl (C=O) groups excluding carboxylic acids is 1. The third kappa shape index (κ3) is 5.21. The Bertz CT molecular complexity index is 1480. The van der Waals surface area contributed by atoms with Crippen LogP contribution >= 0.6 is 13.5 Å². The Morgan fingerprint density at radius 1 is 1.02 bits per heavy atom. The highest BCUT2D eigenvalue weighted by molar-refractivity contribution is 7.59. The van der Waals surface area contributed by atoms with Crippen LogP contribution in [0, 0.1) is 29.1 Å². The maximum Gasteiger partial charge on any atom is 0.416 e. The van der Waals surface area contributed by atoms with Crippen molar-refractivity contribution in [2.24, 2.45) is 17.3 Å². The van der Waals surface area contributed by atoms with Crippen LogP contribution in [0.2, 0.25) is 0 Å². The molecule has 2 aromatic rings. The average Bonchev–Trinajstić information content (AvgIpc) is 3.13. The number of rotatable bonds is 2. The lowest BCUT2D eigenvalue weighted by Crippen LogP contribution is -2.48. The van der Waals surface area contributed by atoms with E-state index in [2.05, 4.69) is 11.8 Å². The lowest BCUT2D eigenvalue weighted by molar-refractivity contribution is -0.137. The number of fused-ring (bicyclic) bond motifs is 4. The monoisotopic (exact) mass is 596 g/mol. The molecule has 5 atom stereocenters. The molecule has 0 amide bonds. The van der Waals surface area contributed by atoms with Crippen LogP contribution in [-0.4, -0.2) is 30.2 Å². The van der Waals surface area contributed by atoms with Crippen LogP contribution < -0.4 is 4.74 Å². The molecule has 4 nitrogen and oxygen atoms in total. The number of aliphatic hydroxyl groups is 1. The molecule has 6 rings (SSSR count). The first-order valence-electron chi connectivity index (χ1n) is 14.2. The first-order chi connectivity index (χ1) is 19.5. The Labute approximate surface area is 251 Å². The summed E-state index contributed by atoms with van der Waals surface area (Å²) in [5, 5.41) is 12.1. The quantitative estimate of drug-likeness (QED) is 0.376. The van der Waals surface area contributed by atoms with E-state index in [1.807, 2.05) is 31.2 Å². The Hall–Kier alpha value is -2.99. The van der Waals surface area contributed by atoms with Crippen molar-refractivity contribution in [2.45, 2.75) is 63.3 Å². The number of carbonyl (C=O) groups is 1. The summed E-state index contributed by atoms with van der Waals surface area (Å²) < 4.78 is 51.2. The predicted octanol–water partition coefficient (Wildman–Crippen LogP) is 7.09. The van der Waals surface area contributed by atoms with Gasteiger partial charge in [0.1, 0.15) is 17.5 Å². The molecular formula is C34H35F3O4S. The van der Waals surface area contributed by atoms with E-state index in [0.717, 1.165) is 48.3 Å². The van der Waals surface area contributed by atoms with Gasteiger partial charge in [-0.05, 0) is 109 Å². The first kappa shape index (κ1) is 30.5. The minimum atomic E-state index is -4.42. The molecule has 0 bridgehead atoms. The van der Waals surface area contributed by atoms with Gasteiger partial charge in [0.25, 0.3) is 0 Å².